The molecule has 2 atom stereocenters. The highest BCUT2D eigenvalue weighted by molar-refractivity contribution is 5.74. The molecule has 4 nitrogen and oxygen atoms in total. The highest BCUT2D eigenvalue weighted by atomic mass is 16.3. The van der Waals surface area contributed by atoms with Gasteiger partial charge in [0.25, 0.3) is 0 Å². The SMILES string of the molecule is CCC[C@@H]1CN(C(=N)N)CC[C@@H]1O. The van der Waals surface area contributed by atoms with Crippen molar-refractivity contribution >= 4 is 5.96 Å². The number of rotatable bonds is 2. The molecule has 1 heterocycles. The Kier molecular flexibility index (Phi) is 3.54. The third-order valence-electron chi connectivity index (χ3n) is 2.69. The molecule has 4 N–H and O–H groups in total. The number of nitrogens with two attached hydrogens (primary N) is 1. The molecule has 1 aliphatic heterocycles. The summed E-state index contributed by atoms with van der Waals surface area (Å²) in [5.74, 6) is 0.427. The molecule has 1 fully saturated rings. The fraction of sp³-hybridized carbons (Fsp3) is 0.889. The van der Waals surface area contributed by atoms with Crippen LogP contribution in [0.15, 0.2) is 0 Å². The molecule has 0 radical (unpaired) electrons. The van der Waals surface area contributed by atoms with Gasteiger partial charge in [-0.2, -0.15) is 0 Å². The maximum absolute atomic E-state index is 9.66. The first-order valence-electron chi connectivity index (χ1n) is 4.92. The lowest BCUT2D eigenvalue weighted by molar-refractivity contribution is 0.0449. The second kappa shape index (κ2) is 4.46. The van der Waals surface area contributed by atoms with E-state index in [1.807, 2.05) is 4.90 Å². The number of aliphatic hydroxyl groups is 1. The summed E-state index contributed by atoms with van der Waals surface area (Å²) < 4.78 is 0. The van der Waals surface area contributed by atoms with Gasteiger partial charge in [-0.3, -0.25) is 5.41 Å². The van der Waals surface area contributed by atoms with E-state index in [0.717, 1.165) is 32.4 Å². The average molecular weight is 185 g/mol. The maximum Gasteiger partial charge on any atom is 0.188 e. The Morgan fingerprint density at radius 2 is 2.38 bits per heavy atom. The van der Waals surface area contributed by atoms with Crippen LogP contribution in [0.5, 0.6) is 0 Å². The molecule has 0 aromatic rings. The third kappa shape index (κ3) is 2.59. The van der Waals surface area contributed by atoms with Gasteiger partial charge in [-0.15, -0.1) is 0 Å². The van der Waals surface area contributed by atoms with Gasteiger partial charge < -0.3 is 15.7 Å². The summed E-state index contributed by atoms with van der Waals surface area (Å²) in [5, 5.41) is 17.0. The van der Waals surface area contributed by atoms with Gasteiger partial charge in [-0.25, -0.2) is 0 Å². The smallest absolute Gasteiger partial charge is 0.188 e. The molecule has 0 unspecified atom stereocenters. The van der Waals surface area contributed by atoms with Gasteiger partial charge in [0.15, 0.2) is 5.96 Å². The molecule has 1 aliphatic rings. The zero-order valence-corrected chi connectivity index (χ0v) is 8.16. The zero-order valence-electron chi connectivity index (χ0n) is 8.16. The van der Waals surface area contributed by atoms with Crippen molar-refractivity contribution in [3.05, 3.63) is 0 Å². The zero-order chi connectivity index (χ0) is 9.84. The van der Waals surface area contributed by atoms with Crippen LogP contribution in [0.4, 0.5) is 0 Å². The van der Waals surface area contributed by atoms with Crippen molar-refractivity contribution in [2.75, 3.05) is 13.1 Å². The Morgan fingerprint density at radius 1 is 1.69 bits per heavy atom. The van der Waals surface area contributed by atoms with Gasteiger partial charge >= 0.3 is 0 Å². The summed E-state index contributed by atoms with van der Waals surface area (Å²) >= 11 is 0. The number of nitrogens with zero attached hydrogens (tertiary/aromatic N) is 1. The summed E-state index contributed by atoms with van der Waals surface area (Å²) in [6, 6.07) is 0. The van der Waals surface area contributed by atoms with E-state index >= 15 is 0 Å². The average Bonchev–Trinajstić information content (AvgIpc) is 2.08. The van der Waals surface area contributed by atoms with Crippen molar-refractivity contribution in [3.8, 4) is 0 Å². The molecule has 13 heavy (non-hydrogen) atoms. The molecule has 0 aromatic carbocycles. The molecule has 0 saturated carbocycles. The number of piperidine rings is 1. The van der Waals surface area contributed by atoms with Crippen LogP contribution in [-0.4, -0.2) is 35.2 Å². The van der Waals surface area contributed by atoms with Crippen LogP contribution in [0.2, 0.25) is 0 Å². The van der Waals surface area contributed by atoms with Crippen molar-refractivity contribution in [2.24, 2.45) is 11.7 Å². The van der Waals surface area contributed by atoms with Crippen LogP contribution >= 0.6 is 0 Å². The van der Waals surface area contributed by atoms with Crippen LogP contribution in [0.25, 0.3) is 0 Å². The fourth-order valence-electron chi connectivity index (χ4n) is 1.89. The van der Waals surface area contributed by atoms with E-state index in [-0.39, 0.29) is 12.1 Å². The van der Waals surface area contributed by atoms with Crippen LogP contribution in [0.1, 0.15) is 26.2 Å². The summed E-state index contributed by atoms with van der Waals surface area (Å²) in [5.41, 5.74) is 5.40. The lowest BCUT2D eigenvalue weighted by Gasteiger charge is -2.36. The fourth-order valence-corrected chi connectivity index (χ4v) is 1.89. The monoisotopic (exact) mass is 185 g/mol. The van der Waals surface area contributed by atoms with Gasteiger partial charge in [-0.05, 0) is 12.8 Å². The summed E-state index contributed by atoms with van der Waals surface area (Å²) in [7, 11) is 0. The van der Waals surface area contributed by atoms with Crippen LogP contribution in [-0.2, 0) is 0 Å². The molecule has 1 saturated heterocycles. The number of hydrogen-bond acceptors (Lipinski definition) is 2. The summed E-state index contributed by atoms with van der Waals surface area (Å²) in [4.78, 5) is 1.84. The van der Waals surface area contributed by atoms with Crippen molar-refractivity contribution in [2.45, 2.75) is 32.3 Å². The first-order chi connectivity index (χ1) is 6.15. The Morgan fingerprint density at radius 3 is 2.92 bits per heavy atom. The molecule has 0 spiro atoms. The predicted molar refractivity (Wildman–Crippen MR) is 52.5 cm³/mol. The molecule has 4 heteroatoms. The largest absolute Gasteiger partial charge is 0.393 e. The number of guanidine groups is 1. The summed E-state index contributed by atoms with van der Waals surface area (Å²) in [6.07, 6.45) is 2.64. The minimum Gasteiger partial charge on any atom is -0.393 e. The van der Waals surface area contributed by atoms with E-state index in [0.29, 0.717) is 5.92 Å². The second-order valence-electron chi connectivity index (χ2n) is 3.74. The Labute approximate surface area is 79.2 Å². The van der Waals surface area contributed by atoms with Gasteiger partial charge in [0, 0.05) is 19.0 Å². The van der Waals surface area contributed by atoms with Gasteiger partial charge in [0.05, 0.1) is 6.10 Å². The first-order valence-corrected chi connectivity index (χ1v) is 4.92. The Balaban J connectivity index is 2.47. The number of likely N-dealkylation sites (tertiary alicyclic amines) is 1. The lowest BCUT2D eigenvalue weighted by Crippen LogP contribution is -2.48. The van der Waals surface area contributed by atoms with Gasteiger partial charge in [-0.1, -0.05) is 13.3 Å². The molecule has 0 bridgehead atoms. The minimum absolute atomic E-state index is 0.132. The van der Waals surface area contributed by atoms with Crippen molar-refractivity contribution < 1.29 is 5.11 Å². The Bertz CT molecular complexity index is 184. The van der Waals surface area contributed by atoms with E-state index in [4.69, 9.17) is 11.1 Å². The second-order valence-corrected chi connectivity index (χ2v) is 3.74. The van der Waals surface area contributed by atoms with E-state index in [9.17, 15) is 5.11 Å². The standard InChI is InChI=1S/C9H19N3O/c1-2-3-7-6-12(9(10)11)5-4-8(7)13/h7-8,13H,2-6H2,1H3,(H3,10,11)/t7-,8+/m1/s1. The Hall–Kier alpha value is -0.770. The van der Waals surface area contributed by atoms with Crippen molar-refractivity contribution in [1.82, 2.24) is 4.90 Å². The third-order valence-corrected chi connectivity index (χ3v) is 2.69. The molecule has 0 amide bonds. The quantitative estimate of drug-likeness (QED) is 0.429. The van der Waals surface area contributed by atoms with Gasteiger partial charge in [0.2, 0.25) is 0 Å². The van der Waals surface area contributed by atoms with Crippen LogP contribution < -0.4 is 5.73 Å². The maximum atomic E-state index is 9.66. The molecular weight excluding hydrogens is 166 g/mol. The van der Waals surface area contributed by atoms with E-state index < -0.39 is 0 Å². The first kappa shape index (κ1) is 10.3. The molecule has 76 valence electrons. The lowest BCUT2D eigenvalue weighted by atomic mass is 9.91. The van der Waals surface area contributed by atoms with Crippen molar-refractivity contribution in [3.63, 3.8) is 0 Å². The molecular formula is C9H19N3O. The highest BCUT2D eigenvalue weighted by Crippen LogP contribution is 2.20. The number of nitrogens with one attached hydrogen (secondary N) is 1. The summed E-state index contributed by atoms with van der Waals surface area (Å²) in [6.45, 7) is 3.57. The number of aliphatic hydroxyl groups excluding tert-OH is 1. The van der Waals surface area contributed by atoms with Gasteiger partial charge in [0.1, 0.15) is 0 Å². The number of hydrogen-bond donors (Lipinski definition) is 3. The van der Waals surface area contributed by atoms with E-state index in [1.54, 1.807) is 0 Å². The normalized spacial score (nSPS) is 28.9. The van der Waals surface area contributed by atoms with E-state index in [1.165, 1.54) is 0 Å². The molecule has 0 aromatic heterocycles. The predicted octanol–water partition coefficient (Wildman–Crippen LogP) is 0.363. The van der Waals surface area contributed by atoms with E-state index in [2.05, 4.69) is 6.92 Å². The van der Waals surface area contributed by atoms with Crippen molar-refractivity contribution in [1.29, 1.82) is 5.41 Å². The van der Waals surface area contributed by atoms with Crippen LogP contribution in [0.3, 0.4) is 0 Å². The topological polar surface area (TPSA) is 73.3 Å². The minimum atomic E-state index is -0.199. The molecule has 1 rings (SSSR count). The molecule has 0 aliphatic carbocycles. The van der Waals surface area contributed by atoms with Crippen LogP contribution in [0, 0.1) is 11.3 Å². The highest BCUT2D eigenvalue weighted by Gasteiger charge is 2.27.